The van der Waals surface area contributed by atoms with E-state index in [0.29, 0.717) is 35.5 Å². The third kappa shape index (κ3) is 8.35. The standard InChI is InChI=1S/C35H51Ge.C5H5Ge/c1-21(2)27-17-30(23(5)6)34(31(18-27)24(7)8)36(29-15-13-14-16-29)35-32(25(9)10)19-28(22(3)4)20-33(35)26(11)12;6-5-3-1-2-4-5/h13-15,17-26H,16H2,1-12H3;1-3H,4H2. The number of allylic oxidation sites excluding steroid dienone is 8. The second-order valence-corrected chi connectivity index (χ2v) is 20.5. The molecule has 0 spiro atoms. The van der Waals surface area contributed by atoms with Gasteiger partial charge in [0.15, 0.2) is 0 Å². The van der Waals surface area contributed by atoms with Crippen molar-refractivity contribution >= 4 is 39.7 Å². The zero-order valence-corrected chi connectivity index (χ0v) is 32.8. The Morgan fingerprint density at radius 3 is 1.07 bits per heavy atom. The third-order valence-corrected chi connectivity index (χ3v) is 16.1. The van der Waals surface area contributed by atoms with Crippen molar-refractivity contribution in [3.05, 3.63) is 103 Å². The van der Waals surface area contributed by atoms with E-state index in [1.54, 1.807) is 35.5 Å². The Hall–Kier alpha value is -1.51. The summed E-state index contributed by atoms with van der Waals surface area (Å²) in [5.74, 6) is 3.18. The quantitative estimate of drug-likeness (QED) is 0.231. The molecule has 4 radical (unpaired) electrons. The predicted molar refractivity (Wildman–Crippen MR) is 192 cm³/mol. The van der Waals surface area contributed by atoms with Crippen LogP contribution in [0.15, 0.2) is 69.5 Å². The van der Waals surface area contributed by atoms with E-state index in [-0.39, 0.29) is 0 Å². The van der Waals surface area contributed by atoms with E-state index >= 15 is 0 Å². The van der Waals surface area contributed by atoms with Crippen molar-refractivity contribution < 1.29 is 0 Å². The minimum atomic E-state index is -2.09. The summed E-state index contributed by atoms with van der Waals surface area (Å²) in [6.45, 7) is 28.7. The number of benzene rings is 2. The minimum absolute atomic E-state index is 0.522. The SMILES string of the molecule is CC(C)c1cc(C(C)C)[c]([Ge]([C]2=CC=CC2)[c]2c(C(C)C)cc(C(C)C)cc2C(C)C)c(C(C)C)c1.[Ge][C]1=CC=CC1. The molecule has 2 aromatic carbocycles. The van der Waals surface area contributed by atoms with Crippen LogP contribution < -0.4 is 8.79 Å². The molecule has 0 N–H and O–H groups in total. The second kappa shape index (κ2) is 15.5. The summed E-state index contributed by atoms with van der Waals surface area (Å²) in [5.41, 5.74) is 9.47. The molecule has 0 saturated heterocycles. The van der Waals surface area contributed by atoms with Crippen molar-refractivity contribution in [3.63, 3.8) is 0 Å². The maximum absolute atomic E-state index is 2.58. The number of hydrogen-bond donors (Lipinski definition) is 0. The molecule has 0 bridgehead atoms. The van der Waals surface area contributed by atoms with Crippen LogP contribution in [0.4, 0.5) is 0 Å². The second-order valence-electron chi connectivity index (χ2n) is 14.1. The Bertz CT molecular complexity index is 1210. The van der Waals surface area contributed by atoms with E-state index in [0.717, 1.165) is 6.42 Å². The Balaban J connectivity index is 0.000000715. The fraction of sp³-hybridized carbons (Fsp3) is 0.500. The van der Waals surface area contributed by atoms with Crippen LogP contribution >= 0.6 is 0 Å². The molecule has 4 rings (SSSR count). The van der Waals surface area contributed by atoms with Crippen LogP contribution in [0.2, 0.25) is 0 Å². The van der Waals surface area contributed by atoms with Gasteiger partial charge in [-0.15, -0.1) is 0 Å². The van der Waals surface area contributed by atoms with Crippen LogP contribution in [0, 0.1) is 0 Å². The molecule has 0 fully saturated rings. The van der Waals surface area contributed by atoms with Gasteiger partial charge < -0.3 is 0 Å². The molecule has 0 aromatic heterocycles. The zero-order chi connectivity index (χ0) is 31.3. The van der Waals surface area contributed by atoms with Gasteiger partial charge >= 0.3 is 274 Å². The monoisotopic (exact) mass is 684 g/mol. The summed E-state index contributed by atoms with van der Waals surface area (Å²) in [5, 5.41) is 0. The molecule has 2 aliphatic carbocycles. The average Bonchev–Trinajstić information content (AvgIpc) is 3.62. The first-order valence-corrected chi connectivity index (χ1v) is 20.6. The topological polar surface area (TPSA) is 0 Å². The predicted octanol–water partition coefficient (Wildman–Crippen LogP) is 10.5. The van der Waals surface area contributed by atoms with Crippen molar-refractivity contribution in [2.75, 3.05) is 0 Å². The molecule has 0 aliphatic heterocycles. The fourth-order valence-corrected chi connectivity index (χ4v) is 15.0. The van der Waals surface area contributed by atoms with Crippen LogP contribution in [-0.2, 0) is 0 Å². The number of rotatable bonds is 9. The Labute approximate surface area is 272 Å². The van der Waals surface area contributed by atoms with Gasteiger partial charge in [0.2, 0.25) is 0 Å². The van der Waals surface area contributed by atoms with Gasteiger partial charge in [-0.3, -0.25) is 0 Å². The van der Waals surface area contributed by atoms with Gasteiger partial charge in [0.05, 0.1) is 0 Å². The summed E-state index contributed by atoms with van der Waals surface area (Å²) in [7, 11) is 0. The molecule has 42 heavy (non-hydrogen) atoms. The summed E-state index contributed by atoms with van der Waals surface area (Å²) < 4.78 is 6.69. The van der Waals surface area contributed by atoms with E-state index in [2.05, 4.69) is 160 Å². The van der Waals surface area contributed by atoms with Gasteiger partial charge in [0.25, 0.3) is 0 Å². The van der Waals surface area contributed by atoms with Gasteiger partial charge in [0.1, 0.15) is 0 Å². The first-order valence-electron chi connectivity index (χ1n) is 16.4. The van der Waals surface area contributed by atoms with Crippen LogP contribution in [0.5, 0.6) is 0 Å². The van der Waals surface area contributed by atoms with Gasteiger partial charge in [-0.2, -0.15) is 0 Å². The average molecular weight is 682 g/mol. The van der Waals surface area contributed by atoms with Crippen LogP contribution in [0.25, 0.3) is 0 Å². The van der Waals surface area contributed by atoms with Gasteiger partial charge in [0, 0.05) is 0 Å². The Morgan fingerprint density at radius 1 is 0.500 bits per heavy atom. The number of hydrogen-bond acceptors (Lipinski definition) is 0. The molecule has 2 aliphatic rings. The van der Waals surface area contributed by atoms with E-state index < -0.39 is 14.3 Å². The van der Waals surface area contributed by atoms with Gasteiger partial charge in [-0.25, -0.2) is 0 Å². The molecule has 0 nitrogen and oxygen atoms in total. The molecular weight excluding hydrogens is 626 g/mol. The summed E-state index contributed by atoms with van der Waals surface area (Å²) in [4.78, 5) is 0. The van der Waals surface area contributed by atoms with Crippen LogP contribution in [0.1, 0.15) is 165 Å². The van der Waals surface area contributed by atoms with Crippen molar-refractivity contribution in [1.82, 2.24) is 0 Å². The molecule has 2 heteroatoms. The van der Waals surface area contributed by atoms with Gasteiger partial charge in [-0.05, 0) is 0 Å². The summed E-state index contributed by atoms with van der Waals surface area (Å²) in [6, 6.07) is 10.3. The van der Waals surface area contributed by atoms with E-state index in [9.17, 15) is 0 Å². The molecule has 0 atom stereocenters. The van der Waals surface area contributed by atoms with Crippen molar-refractivity contribution in [3.8, 4) is 0 Å². The first kappa shape index (κ1) is 35.0. The third-order valence-electron chi connectivity index (χ3n) is 8.63. The molecule has 2 aromatic rings. The van der Waals surface area contributed by atoms with Crippen molar-refractivity contribution in [1.29, 1.82) is 0 Å². The molecule has 0 heterocycles. The van der Waals surface area contributed by atoms with E-state index in [4.69, 9.17) is 0 Å². The molecule has 0 amide bonds. The Kier molecular flexibility index (Phi) is 12.9. The zero-order valence-electron chi connectivity index (χ0n) is 28.7. The Morgan fingerprint density at radius 2 is 0.857 bits per heavy atom. The summed E-state index contributed by atoms with van der Waals surface area (Å²) in [6.07, 6.45) is 15.9. The molecular formula is C40H56Ge2. The first-order chi connectivity index (χ1) is 19.7. The summed E-state index contributed by atoms with van der Waals surface area (Å²) >= 11 is 0.0512. The van der Waals surface area contributed by atoms with Crippen molar-refractivity contribution in [2.24, 2.45) is 0 Å². The van der Waals surface area contributed by atoms with E-state index in [1.807, 2.05) is 0 Å². The van der Waals surface area contributed by atoms with Gasteiger partial charge in [-0.1, -0.05) is 0 Å². The van der Waals surface area contributed by atoms with Crippen LogP contribution in [0.3, 0.4) is 0 Å². The van der Waals surface area contributed by atoms with Crippen LogP contribution in [-0.4, -0.2) is 30.9 Å². The fourth-order valence-electron chi connectivity index (χ4n) is 6.01. The van der Waals surface area contributed by atoms with E-state index in [1.165, 1.54) is 22.0 Å². The van der Waals surface area contributed by atoms with Crippen molar-refractivity contribution in [2.45, 2.75) is 131 Å². The maximum atomic E-state index is 2.58. The molecule has 224 valence electrons. The molecule has 0 saturated carbocycles. The normalized spacial score (nSPS) is 14.8. The molecule has 0 unspecified atom stereocenters.